The quantitative estimate of drug-likeness (QED) is 0.155. The number of halogens is 1. The van der Waals surface area contributed by atoms with E-state index < -0.39 is 22.0 Å². The Balaban J connectivity index is 1.36. The van der Waals surface area contributed by atoms with Gasteiger partial charge in [0.25, 0.3) is 5.69 Å². The maximum atomic E-state index is 12.3. The molecule has 0 unspecified atom stereocenters. The Morgan fingerprint density at radius 3 is 2.82 bits per heavy atom. The molecule has 4 rings (SSSR count). The van der Waals surface area contributed by atoms with Crippen LogP contribution >= 0.6 is 34.7 Å². The second-order valence-electron chi connectivity index (χ2n) is 6.81. The SMILES string of the molecule is O=C(Oc1coc(CSc2nnc(NC(=O)C3CC3)s2)cc1=O)c1ccc(Cl)c([N+](=O)[O-])c1. The van der Waals surface area contributed by atoms with Crippen molar-refractivity contribution in [2.24, 2.45) is 5.92 Å². The molecule has 0 aliphatic heterocycles. The van der Waals surface area contributed by atoms with E-state index in [1.807, 2.05) is 0 Å². The van der Waals surface area contributed by atoms with E-state index in [1.54, 1.807) is 0 Å². The zero-order valence-corrected chi connectivity index (χ0v) is 18.9. The summed E-state index contributed by atoms with van der Waals surface area (Å²) in [6, 6.07) is 4.56. The number of aromatic nitrogens is 2. The molecule has 3 aromatic rings. The fourth-order valence-electron chi connectivity index (χ4n) is 2.53. The molecule has 1 N–H and O–H groups in total. The summed E-state index contributed by atoms with van der Waals surface area (Å²) in [5, 5.41) is 21.8. The fraction of sp³-hybridized carbons (Fsp3) is 0.211. The summed E-state index contributed by atoms with van der Waals surface area (Å²) >= 11 is 8.18. The van der Waals surface area contributed by atoms with Gasteiger partial charge in [-0.25, -0.2) is 4.79 Å². The minimum absolute atomic E-state index is 0.0571. The second-order valence-corrected chi connectivity index (χ2v) is 9.42. The first-order valence-electron chi connectivity index (χ1n) is 9.35. The largest absolute Gasteiger partial charge is 0.464 e. The number of rotatable bonds is 8. The molecular formula is C19H13ClN4O7S2. The molecule has 1 aliphatic carbocycles. The van der Waals surface area contributed by atoms with E-state index in [-0.39, 0.29) is 33.9 Å². The highest BCUT2D eigenvalue weighted by atomic mass is 35.5. The lowest BCUT2D eigenvalue weighted by Crippen LogP contribution is -2.15. The van der Waals surface area contributed by atoms with Gasteiger partial charge in [0.05, 0.1) is 16.2 Å². The molecule has 14 heteroatoms. The Kier molecular flexibility index (Phi) is 6.72. The van der Waals surface area contributed by atoms with E-state index in [9.17, 15) is 24.5 Å². The van der Waals surface area contributed by atoms with Crippen LogP contribution in [0.4, 0.5) is 10.8 Å². The zero-order chi connectivity index (χ0) is 23.5. The van der Waals surface area contributed by atoms with Gasteiger partial charge in [-0.15, -0.1) is 10.2 Å². The number of carbonyl (C=O) groups excluding carboxylic acids is 2. The monoisotopic (exact) mass is 508 g/mol. The lowest BCUT2D eigenvalue weighted by atomic mass is 10.2. The Morgan fingerprint density at radius 1 is 1.33 bits per heavy atom. The van der Waals surface area contributed by atoms with Gasteiger partial charge in [-0.3, -0.25) is 19.7 Å². The molecule has 1 aliphatic rings. The number of nitrogens with zero attached hydrogens (tertiary/aromatic N) is 3. The summed E-state index contributed by atoms with van der Waals surface area (Å²) in [5.74, 6) is -0.802. The molecule has 1 saturated carbocycles. The summed E-state index contributed by atoms with van der Waals surface area (Å²) in [6.45, 7) is 0. The van der Waals surface area contributed by atoms with Crippen LogP contribution in [0, 0.1) is 16.0 Å². The molecule has 0 bridgehead atoms. The Hall–Kier alpha value is -3.29. The molecule has 0 radical (unpaired) electrons. The van der Waals surface area contributed by atoms with Gasteiger partial charge in [0.2, 0.25) is 22.2 Å². The van der Waals surface area contributed by atoms with Crippen molar-refractivity contribution in [3.05, 3.63) is 67.2 Å². The predicted octanol–water partition coefficient (Wildman–Crippen LogP) is 3.91. The van der Waals surface area contributed by atoms with Gasteiger partial charge in [-0.2, -0.15) is 0 Å². The van der Waals surface area contributed by atoms with Gasteiger partial charge in [-0.1, -0.05) is 34.7 Å². The molecule has 1 amide bonds. The van der Waals surface area contributed by atoms with Crippen molar-refractivity contribution in [2.45, 2.75) is 22.9 Å². The summed E-state index contributed by atoms with van der Waals surface area (Å²) in [4.78, 5) is 46.5. The highest BCUT2D eigenvalue weighted by Crippen LogP contribution is 2.32. The first-order chi connectivity index (χ1) is 15.8. The molecule has 2 heterocycles. The van der Waals surface area contributed by atoms with E-state index in [0.717, 1.165) is 31.2 Å². The Bertz CT molecular complexity index is 1310. The molecule has 33 heavy (non-hydrogen) atoms. The fourth-order valence-corrected chi connectivity index (χ4v) is 4.36. The van der Waals surface area contributed by atoms with Crippen LogP contribution in [-0.2, 0) is 10.5 Å². The topological polar surface area (TPSA) is 155 Å². The smallest absolute Gasteiger partial charge is 0.344 e. The third-order valence-electron chi connectivity index (χ3n) is 4.36. The number of hydrogen-bond donors (Lipinski definition) is 1. The number of nitro groups is 1. The molecule has 1 aromatic carbocycles. The van der Waals surface area contributed by atoms with E-state index in [1.165, 1.54) is 35.2 Å². The number of ether oxygens (including phenoxy) is 1. The minimum atomic E-state index is -0.973. The van der Waals surface area contributed by atoms with Crippen molar-refractivity contribution in [1.82, 2.24) is 10.2 Å². The molecule has 0 saturated heterocycles. The Labute approximate surface area is 198 Å². The molecule has 0 atom stereocenters. The molecular weight excluding hydrogens is 496 g/mol. The summed E-state index contributed by atoms with van der Waals surface area (Å²) < 4.78 is 10.9. The lowest BCUT2D eigenvalue weighted by Gasteiger charge is -2.05. The number of anilines is 1. The maximum absolute atomic E-state index is 12.3. The van der Waals surface area contributed by atoms with Crippen molar-refractivity contribution in [2.75, 3.05) is 5.32 Å². The van der Waals surface area contributed by atoms with Crippen LogP contribution in [0.25, 0.3) is 0 Å². The van der Waals surface area contributed by atoms with Crippen LogP contribution < -0.4 is 15.5 Å². The number of esters is 1. The summed E-state index contributed by atoms with van der Waals surface area (Å²) in [7, 11) is 0. The van der Waals surface area contributed by atoms with E-state index in [4.69, 9.17) is 20.8 Å². The van der Waals surface area contributed by atoms with Crippen LogP contribution in [0.1, 0.15) is 29.0 Å². The third kappa shape index (κ3) is 5.74. The molecule has 11 nitrogen and oxygen atoms in total. The van der Waals surface area contributed by atoms with E-state index >= 15 is 0 Å². The number of nitrogens with one attached hydrogen (secondary N) is 1. The second kappa shape index (κ2) is 9.68. The number of nitro benzene ring substituents is 1. The number of amides is 1. The van der Waals surface area contributed by atoms with Gasteiger partial charge in [0.15, 0.2) is 4.34 Å². The van der Waals surface area contributed by atoms with Crippen molar-refractivity contribution in [3.63, 3.8) is 0 Å². The van der Waals surface area contributed by atoms with Gasteiger partial charge in [0.1, 0.15) is 17.0 Å². The van der Waals surface area contributed by atoms with Crippen LogP contribution in [0.5, 0.6) is 5.75 Å². The third-order valence-corrected chi connectivity index (χ3v) is 6.67. The first kappa shape index (κ1) is 22.9. The zero-order valence-electron chi connectivity index (χ0n) is 16.5. The predicted molar refractivity (Wildman–Crippen MR) is 119 cm³/mol. The van der Waals surface area contributed by atoms with Gasteiger partial charge in [-0.05, 0) is 25.0 Å². The van der Waals surface area contributed by atoms with Crippen molar-refractivity contribution in [3.8, 4) is 5.75 Å². The first-order valence-corrected chi connectivity index (χ1v) is 11.5. The van der Waals surface area contributed by atoms with Crippen LogP contribution in [0.3, 0.4) is 0 Å². The Morgan fingerprint density at radius 2 is 2.12 bits per heavy atom. The standard InChI is InChI=1S/C19H13ClN4O7S2/c20-12-4-3-10(5-13(12)24(28)29)17(27)31-15-7-30-11(6-14(15)25)8-32-19-23-22-18(33-19)21-16(26)9-1-2-9/h3-7,9H,1-2,8H2,(H,21,22,26). The van der Waals surface area contributed by atoms with Gasteiger partial charge >= 0.3 is 5.97 Å². The lowest BCUT2D eigenvalue weighted by molar-refractivity contribution is -0.384. The minimum Gasteiger partial charge on any atom is -0.464 e. The highest BCUT2D eigenvalue weighted by Gasteiger charge is 2.30. The van der Waals surface area contributed by atoms with Gasteiger partial charge in [0, 0.05) is 18.1 Å². The number of benzene rings is 1. The molecule has 2 aromatic heterocycles. The highest BCUT2D eigenvalue weighted by molar-refractivity contribution is 8.00. The number of thioether (sulfide) groups is 1. The molecule has 170 valence electrons. The number of carbonyl (C=O) groups is 2. The van der Waals surface area contributed by atoms with Gasteiger partial charge < -0.3 is 14.5 Å². The molecule has 1 fully saturated rings. The summed E-state index contributed by atoms with van der Waals surface area (Å²) in [6.07, 6.45) is 2.76. The van der Waals surface area contributed by atoms with Crippen LogP contribution in [0.15, 0.2) is 44.1 Å². The van der Waals surface area contributed by atoms with Crippen LogP contribution in [-0.4, -0.2) is 27.0 Å². The van der Waals surface area contributed by atoms with E-state index in [2.05, 4.69) is 15.5 Å². The number of hydrogen-bond acceptors (Lipinski definition) is 11. The van der Waals surface area contributed by atoms with Crippen LogP contribution in [0.2, 0.25) is 5.02 Å². The van der Waals surface area contributed by atoms with E-state index in [0.29, 0.717) is 15.2 Å². The van der Waals surface area contributed by atoms with Crippen molar-refractivity contribution in [1.29, 1.82) is 0 Å². The van der Waals surface area contributed by atoms with Crippen molar-refractivity contribution >= 4 is 57.4 Å². The molecule has 0 spiro atoms. The maximum Gasteiger partial charge on any atom is 0.344 e. The average Bonchev–Trinajstić information content (AvgIpc) is 3.54. The normalized spacial score (nSPS) is 12.9. The average molecular weight is 509 g/mol. The van der Waals surface area contributed by atoms with Crippen molar-refractivity contribution < 1.29 is 23.7 Å². The summed E-state index contributed by atoms with van der Waals surface area (Å²) in [5.41, 5.74) is -1.22.